The van der Waals surface area contributed by atoms with Gasteiger partial charge in [0.1, 0.15) is 18.4 Å². The molecule has 192 valence electrons. The van der Waals surface area contributed by atoms with Crippen molar-refractivity contribution >= 4 is 27.5 Å². The van der Waals surface area contributed by atoms with Crippen LogP contribution in [-0.2, 0) is 26.2 Å². The predicted octanol–water partition coefficient (Wildman–Crippen LogP) is 4.05. The number of nitrogens with one attached hydrogen (secondary N) is 1. The molecule has 1 N–H and O–H groups in total. The predicted molar refractivity (Wildman–Crippen MR) is 137 cm³/mol. The fourth-order valence-corrected chi connectivity index (χ4v) is 4.53. The van der Waals surface area contributed by atoms with Gasteiger partial charge >= 0.3 is 0 Å². The van der Waals surface area contributed by atoms with Crippen molar-refractivity contribution in [2.24, 2.45) is 0 Å². The molecule has 0 radical (unpaired) electrons. The molecular formula is C26H36FN3O4S. The molecule has 0 spiro atoms. The molecule has 0 aromatic heterocycles. The molecule has 2 amide bonds. The molecule has 1 atom stereocenters. The Hall–Kier alpha value is -2.94. The van der Waals surface area contributed by atoms with E-state index in [0.717, 1.165) is 16.1 Å². The topological polar surface area (TPSA) is 86.8 Å². The Morgan fingerprint density at radius 2 is 1.57 bits per heavy atom. The molecule has 35 heavy (non-hydrogen) atoms. The normalized spacial score (nSPS) is 12.8. The molecule has 0 bridgehead atoms. The van der Waals surface area contributed by atoms with Crippen LogP contribution in [0.15, 0.2) is 48.5 Å². The number of para-hydroxylation sites is 1. The van der Waals surface area contributed by atoms with E-state index in [1.54, 1.807) is 25.1 Å². The van der Waals surface area contributed by atoms with Gasteiger partial charge in [-0.25, -0.2) is 12.8 Å². The Morgan fingerprint density at radius 3 is 2.11 bits per heavy atom. The van der Waals surface area contributed by atoms with Crippen LogP contribution in [0.25, 0.3) is 0 Å². The van der Waals surface area contributed by atoms with E-state index in [2.05, 4.69) is 5.32 Å². The molecule has 2 aromatic rings. The number of carbonyl (C=O) groups excluding carboxylic acids is 2. The molecule has 0 saturated carbocycles. The van der Waals surface area contributed by atoms with Crippen molar-refractivity contribution in [3.8, 4) is 0 Å². The van der Waals surface area contributed by atoms with Crippen LogP contribution in [0.2, 0.25) is 0 Å². The molecule has 9 heteroatoms. The maximum absolute atomic E-state index is 14.5. The third kappa shape index (κ3) is 7.78. The summed E-state index contributed by atoms with van der Waals surface area (Å²) < 4.78 is 41.1. The highest BCUT2D eigenvalue weighted by molar-refractivity contribution is 7.92. The van der Waals surface area contributed by atoms with Gasteiger partial charge in [0.05, 0.1) is 11.9 Å². The number of hydrogen-bond acceptors (Lipinski definition) is 4. The van der Waals surface area contributed by atoms with Crippen LogP contribution in [0, 0.1) is 5.82 Å². The number of amides is 2. The van der Waals surface area contributed by atoms with E-state index in [4.69, 9.17) is 0 Å². The average Bonchev–Trinajstić information content (AvgIpc) is 2.74. The summed E-state index contributed by atoms with van der Waals surface area (Å²) in [6.07, 6.45) is 1.04. The summed E-state index contributed by atoms with van der Waals surface area (Å²) in [6, 6.07) is 12.0. The van der Waals surface area contributed by atoms with E-state index < -0.39 is 45.8 Å². The van der Waals surface area contributed by atoms with Crippen molar-refractivity contribution in [3.63, 3.8) is 0 Å². The Morgan fingerprint density at radius 1 is 1.00 bits per heavy atom. The first-order chi connectivity index (χ1) is 16.1. The van der Waals surface area contributed by atoms with E-state index in [-0.39, 0.29) is 18.0 Å². The lowest BCUT2D eigenvalue weighted by Crippen LogP contribution is -2.54. The third-order valence-electron chi connectivity index (χ3n) is 5.47. The maximum Gasteiger partial charge on any atom is 0.244 e. The second-order valence-corrected chi connectivity index (χ2v) is 11.9. The lowest BCUT2D eigenvalue weighted by atomic mass is 10.0. The van der Waals surface area contributed by atoms with Crippen LogP contribution in [-0.4, -0.2) is 49.5 Å². The summed E-state index contributed by atoms with van der Waals surface area (Å²) in [7, 11) is -3.85. The first kappa shape index (κ1) is 28.3. The number of halogens is 1. The molecule has 0 fully saturated rings. The quantitative estimate of drug-likeness (QED) is 0.557. The first-order valence-electron chi connectivity index (χ1n) is 11.5. The molecule has 1 unspecified atom stereocenters. The Balaban J connectivity index is 2.49. The summed E-state index contributed by atoms with van der Waals surface area (Å²) in [5, 5.41) is 2.84. The SMILES string of the molecule is CC(C)c1ccccc1N(CC(=O)N(Cc1ccccc1F)C(C)C(=O)NC(C)(C)C)S(C)(=O)=O. The van der Waals surface area contributed by atoms with Crippen LogP contribution < -0.4 is 9.62 Å². The molecular weight excluding hydrogens is 469 g/mol. The fourth-order valence-electron chi connectivity index (χ4n) is 3.66. The molecule has 0 heterocycles. The van der Waals surface area contributed by atoms with E-state index in [0.29, 0.717) is 5.69 Å². The highest BCUT2D eigenvalue weighted by atomic mass is 32.2. The van der Waals surface area contributed by atoms with Gasteiger partial charge in [0.25, 0.3) is 0 Å². The van der Waals surface area contributed by atoms with E-state index >= 15 is 0 Å². The fraction of sp³-hybridized carbons (Fsp3) is 0.462. The van der Waals surface area contributed by atoms with Crippen molar-refractivity contribution in [2.45, 2.75) is 65.6 Å². The van der Waals surface area contributed by atoms with Gasteiger partial charge in [-0.15, -0.1) is 0 Å². The van der Waals surface area contributed by atoms with Crippen molar-refractivity contribution < 1.29 is 22.4 Å². The van der Waals surface area contributed by atoms with Gasteiger partial charge in [-0.1, -0.05) is 50.2 Å². The number of sulfonamides is 1. The number of benzene rings is 2. The second kappa shape index (κ2) is 11.2. The first-order valence-corrected chi connectivity index (χ1v) is 13.4. The summed E-state index contributed by atoms with van der Waals surface area (Å²) in [4.78, 5) is 27.8. The monoisotopic (exact) mass is 505 g/mol. The lowest BCUT2D eigenvalue weighted by Gasteiger charge is -2.33. The number of hydrogen-bond donors (Lipinski definition) is 1. The summed E-state index contributed by atoms with van der Waals surface area (Å²) in [6.45, 7) is 10.2. The molecule has 2 aromatic carbocycles. The highest BCUT2D eigenvalue weighted by Crippen LogP contribution is 2.29. The van der Waals surface area contributed by atoms with Crippen LogP contribution in [0.1, 0.15) is 58.6 Å². The van der Waals surface area contributed by atoms with E-state index in [1.807, 2.05) is 46.8 Å². The minimum atomic E-state index is -3.85. The average molecular weight is 506 g/mol. The number of carbonyl (C=O) groups is 2. The van der Waals surface area contributed by atoms with Gasteiger partial charge < -0.3 is 10.2 Å². The Kier molecular flexibility index (Phi) is 9.06. The lowest BCUT2D eigenvalue weighted by molar-refractivity contribution is -0.140. The highest BCUT2D eigenvalue weighted by Gasteiger charge is 2.32. The molecule has 0 aliphatic rings. The van der Waals surface area contributed by atoms with Gasteiger partial charge in [-0.05, 0) is 51.3 Å². The smallest absolute Gasteiger partial charge is 0.244 e. The minimum Gasteiger partial charge on any atom is -0.350 e. The summed E-state index contributed by atoms with van der Waals surface area (Å²) in [5.74, 6) is -1.54. The molecule has 0 aliphatic heterocycles. The van der Waals surface area contributed by atoms with Gasteiger partial charge in [0.2, 0.25) is 21.8 Å². The van der Waals surface area contributed by atoms with Gasteiger partial charge in [0.15, 0.2) is 0 Å². The van der Waals surface area contributed by atoms with Crippen LogP contribution in [0.4, 0.5) is 10.1 Å². The van der Waals surface area contributed by atoms with Gasteiger partial charge in [0, 0.05) is 17.6 Å². The van der Waals surface area contributed by atoms with Crippen LogP contribution in [0.5, 0.6) is 0 Å². The van der Waals surface area contributed by atoms with Crippen molar-refractivity contribution in [2.75, 3.05) is 17.1 Å². The minimum absolute atomic E-state index is 0.0107. The maximum atomic E-state index is 14.5. The van der Waals surface area contributed by atoms with E-state index in [9.17, 15) is 22.4 Å². The van der Waals surface area contributed by atoms with E-state index in [1.165, 1.54) is 23.1 Å². The standard InChI is InChI=1S/C26H36FN3O4S/c1-18(2)21-13-9-11-15-23(21)30(35(7,33)34)17-24(31)29(16-20-12-8-10-14-22(20)27)19(3)25(32)28-26(4,5)6/h8-15,18-19H,16-17H2,1-7H3,(H,28,32). The second-order valence-electron chi connectivity index (χ2n) is 10.0. The molecule has 2 rings (SSSR count). The van der Waals surface area contributed by atoms with Crippen molar-refractivity contribution in [3.05, 3.63) is 65.5 Å². The van der Waals surface area contributed by atoms with Crippen molar-refractivity contribution in [1.29, 1.82) is 0 Å². The Labute approximate surface area is 208 Å². The number of rotatable bonds is 9. The summed E-state index contributed by atoms with van der Waals surface area (Å²) >= 11 is 0. The van der Waals surface area contributed by atoms with Crippen molar-refractivity contribution in [1.82, 2.24) is 10.2 Å². The van der Waals surface area contributed by atoms with Gasteiger partial charge in [-0.3, -0.25) is 13.9 Å². The van der Waals surface area contributed by atoms with Crippen LogP contribution in [0.3, 0.4) is 0 Å². The summed E-state index contributed by atoms with van der Waals surface area (Å²) in [5.41, 5.74) is 0.846. The number of nitrogens with zero attached hydrogens (tertiary/aromatic N) is 2. The third-order valence-corrected chi connectivity index (χ3v) is 6.60. The number of anilines is 1. The molecule has 7 nitrogen and oxygen atoms in total. The largest absolute Gasteiger partial charge is 0.350 e. The van der Waals surface area contributed by atoms with Gasteiger partial charge in [-0.2, -0.15) is 0 Å². The molecule has 0 saturated heterocycles. The Bertz CT molecular complexity index is 1160. The zero-order valence-electron chi connectivity index (χ0n) is 21.5. The zero-order valence-corrected chi connectivity index (χ0v) is 22.3. The zero-order chi connectivity index (χ0) is 26.6. The molecule has 0 aliphatic carbocycles. The van der Waals surface area contributed by atoms with Crippen LogP contribution >= 0.6 is 0 Å².